The summed E-state index contributed by atoms with van der Waals surface area (Å²) in [5.74, 6) is -0.305. The van der Waals surface area contributed by atoms with Crippen molar-refractivity contribution in [2.24, 2.45) is 17.4 Å². The lowest BCUT2D eigenvalue weighted by atomic mass is 9.85. The second-order valence-electron chi connectivity index (χ2n) is 8.96. The summed E-state index contributed by atoms with van der Waals surface area (Å²) >= 11 is 3.51. The molecule has 1 aliphatic carbocycles. The molecule has 1 saturated carbocycles. The van der Waals surface area contributed by atoms with Gasteiger partial charge >= 0.3 is 5.69 Å². The van der Waals surface area contributed by atoms with Gasteiger partial charge in [-0.1, -0.05) is 28.1 Å². The lowest BCUT2D eigenvalue weighted by molar-refractivity contribution is -0.384. The number of carbonyl (C=O) groups is 2. The summed E-state index contributed by atoms with van der Waals surface area (Å²) in [6, 6.07) is 5.92. The molecule has 0 unspecified atom stereocenters. The summed E-state index contributed by atoms with van der Waals surface area (Å²) < 4.78 is 0.996. The number of nitrogens with one attached hydrogen (secondary N) is 2. The zero-order chi connectivity index (χ0) is 26.2. The topological polar surface area (TPSA) is 182 Å². The maximum atomic E-state index is 11.5. The molecule has 0 aliphatic heterocycles. The number of hydrogen-bond acceptors (Lipinski definition) is 9. The fraction of sp³-hybridized carbons (Fsp3) is 0.478. The van der Waals surface area contributed by atoms with Gasteiger partial charge in [-0.25, -0.2) is 4.98 Å². The Morgan fingerprint density at radius 2 is 1.83 bits per heavy atom. The molecule has 2 aromatic rings. The van der Waals surface area contributed by atoms with Crippen LogP contribution in [0.25, 0.3) is 0 Å². The van der Waals surface area contributed by atoms with E-state index >= 15 is 0 Å². The third-order valence-electron chi connectivity index (χ3n) is 6.39. The number of anilines is 2. The van der Waals surface area contributed by atoms with Gasteiger partial charge in [0.15, 0.2) is 0 Å². The molecule has 194 valence electrons. The first kappa shape index (κ1) is 27.3. The number of primary amides is 2. The highest BCUT2D eigenvalue weighted by Gasteiger charge is 2.28. The van der Waals surface area contributed by atoms with Crippen molar-refractivity contribution in [2.45, 2.75) is 45.2 Å². The molecule has 0 spiro atoms. The molecule has 2 amide bonds. The zero-order valence-corrected chi connectivity index (χ0v) is 21.7. The third kappa shape index (κ3) is 7.59. The molecule has 1 fully saturated rings. The van der Waals surface area contributed by atoms with Crippen LogP contribution in [-0.2, 0) is 16.1 Å². The number of nitrogens with two attached hydrogens (primary N) is 2. The number of benzene rings is 1. The molecule has 0 atom stereocenters. The number of aromatic nitrogens is 2. The minimum atomic E-state index is -0.507. The molecule has 1 aromatic carbocycles. The average molecular weight is 563 g/mol. The van der Waals surface area contributed by atoms with Crippen LogP contribution in [0.4, 0.5) is 17.5 Å². The molecule has 0 bridgehead atoms. The molecule has 0 radical (unpaired) electrons. The van der Waals surface area contributed by atoms with Gasteiger partial charge in [0, 0.05) is 23.6 Å². The van der Waals surface area contributed by atoms with Gasteiger partial charge in [0.1, 0.15) is 6.20 Å². The van der Waals surface area contributed by atoms with Crippen LogP contribution >= 0.6 is 15.9 Å². The quantitative estimate of drug-likeness (QED) is 0.222. The second kappa shape index (κ2) is 12.6. The number of nitrogens with zero attached hydrogens (tertiary/aromatic N) is 4. The van der Waals surface area contributed by atoms with E-state index in [1.807, 2.05) is 25.1 Å². The molecule has 1 heterocycles. The van der Waals surface area contributed by atoms with Crippen molar-refractivity contribution >= 4 is 45.2 Å². The average Bonchev–Trinajstić information content (AvgIpc) is 2.83. The molecule has 3 rings (SSSR count). The number of hydrogen-bond donors (Lipinski definition) is 4. The van der Waals surface area contributed by atoms with E-state index in [1.165, 1.54) is 6.20 Å². The highest BCUT2D eigenvalue weighted by molar-refractivity contribution is 9.10. The van der Waals surface area contributed by atoms with Gasteiger partial charge in [-0.05, 0) is 55.7 Å². The Balaban J connectivity index is 1.60. The normalized spacial score (nSPS) is 17.5. The van der Waals surface area contributed by atoms with E-state index in [-0.39, 0.29) is 36.6 Å². The fourth-order valence-electron chi connectivity index (χ4n) is 4.41. The van der Waals surface area contributed by atoms with Crippen molar-refractivity contribution in [3.05, 3.63) is 50.1 Å². The second-order valence-corrected chi connectivity index (χ2v) is 9.81. The summed E-state index contributed by atoms with van der Waals surface area (Å²) in [6.07, 6.45) is 4.36. The monoisotopic (exact) mass is 562 g/mol. The summed E-state index contributed by atoms with van der Waals surface area (Å²) in [7, 11) is 0. The van der Waals surface area contributed by atoms with Gasteiger partial charge in [0.25, 0.3) is 0 Å². The van der Waals surface area contributed by atoms with E-state index < -0.39 is 16.7 Å². The number of carbonyl (C=O) groups excluding carboxylic acids is 2. The van der Waals surface area contributed by atoms with Crippen LogP contribution in [0.1, 0.15) is 36.8 Å². The van der Waals surface area contributed by atoms with Crippen molar-refractivity contribution in [1.82, 2.24) is 14.9 Å². The molecule has 0 saturated heterocycles. The molecular formula is C23H31BrN8O4. The predicted molar refractivity (Wildman–Crippen MR) is 139 cm³/mol. The van der Waals surface area contributed by atoms with E-state index in [1.54, 1.807) is 4.90 Å². The van der Waals surface area contributed by atoms with Gasteiger partial charge in [-0.15, -0.1) is 0 Å². The van der Waals surface area contributed by atoms with E-state index in [2.05, 4.69) is 36.5 Å². The van der Waals surface area contributed by atoms with Crippen LogP contribution in [0.3, 0.4) is 0 Å². The van der Waals surface area contributed by atoms with Crippen molar-refractivity contribution in [3.63, 3.8) is 0 Å². The maximum absolute atomic E-state index is 11.5. The number of rotatable bonds is 12. The summed E-state index contributed by atoms with van der Waals surface area (Å²) in [4.78, 5) is 44.0. The molecule has 6 N–H and O–H groups in total. The van der Waals surface area contributed by atoms with Gasteiger partial charge < -0.3 is 22.1 Å². The van der Waals surface area contributed by atoms with Crippen molar-refractivity contribution in [2.75, 3.05) is 30.3 Å². The summed E-state index contributed by atoms with van der Waals surface area (Å²) in [5.41, 5.74) is 12.6. The van der Waals surface area contributed by atoms with Crippen LogP contribution in [0.5, 0.6) is 0 Å². The summed E-state index contributed by atoms with van der Waals surface area (Å²) in [6.45, 7) is 2.94. The SMILES string of the molecule is Cc1c(Br)cccc1CNc1ncc([N+](=O)[O-])c(NC[C@H]2CC[C@H](N(CC(N)=O)CC(N)=O)CC2)n1. The zero-order valence-electron chi connectivity index (χ0n) is 20.1. The molecule has 13 heteroatoms. The number of nitro groups is 1. The number of amides is 2. The van der Waals surface area contributed by atoms with Crippen LogP contribution in [-0.4, -0.2) is 57.3 Å². The van der Waals surface area contributed by atoms with E-state index in [0.717, 1.165) is 41.3 Å². The first-order valence-electron chi connectivity index (χ1n) is 11.7. The Hall–Kier alpha value is -3.32. The Morgan fingerprint density at radius 3 is 2.44 bits per heavy atom. The molecule has 1 aliphatic rings. The van der Waals surface area contributed by atoms with Crippen molar-refractivity contribution in [3.8, 4) is 0 Å². The molecule has 1 aromatic heterocycles. The Morgan fingerprint density at radius 1 is 1.17 bits per heavy atom. The Labute approximate surface area is 217 Å². The highest BCUT2D eigenvalue weighted by atomic mass is 79.9. The van der Waals surface area contributed by atoms with E-state index in [0.29, 0.717) is 19.0 Å². The van der Waals surface area contributed by atoms with E-state index in [9.17, 15) is 19.7 Å². The van der Waals surface area contributed by atoms with E-state index in [4.69, 9.17) is 11.5 Å². The van der Waals surface area contributed by atoms with Crippen molar-refractivity contribution in [1.29, 1.82) is 0 Å². The largest absolute Gasteiger partial charge is 0.369 e. The van der Waals surface area contributed by atoms with Gasteiger partial charge in [-0.3, -0.25) is 24.6 Å². The maximum Gasteiger partial charge on any atom is 0.329 e. The molecular weight excluding hydrogens is 532 g/mol. The van der Waals surface area contributed by atoms with Crippen LogP contribution < -0.4 is 22.1 Å². The van der Waals surface area contributed by atoms with Gasteiger partial charge in [0.05, 0.1) is 18.0 Å². The Kier molecular flexibility index (Phi) is 9.53. The first-order chi connectivity index (χ1) is 17.1. The number of halogens is 1. The minimum Gasteiger partial charge on any atom is -0.369 e. The summed E-state index contributed by atoms with van der Waals surface area (Å²) in [5, 5.41) is 17.8. The first-order valence-corrected chi connectivity index (χ1v) is 12.5. The Bertz CT molecular complexity index is 1090. The predicted octanol–water partition coefficient (Wildman–Crippen LogP) is 2.31. The smallest absolute Gasteiger partial charge is 0.329 e. The van der Waals surface area contributed by atoms with Gasteiger partial charge in [0.2, 0.25) is 23.6 Å². The van der Waals surface area contributed by atoms with Crippen molar-refractivity contribution < 1.29 is 14.5 Å². The fourth-order valence-corrected chi connectivity index (χ4v) is 4.82. The van der Waals surface area contributed by atoms with Crippen LogP contribution in [0.2, 0.25) is 0 Å². The lowest BCUT2D eigenvalue weighted by Gasteiger charge is -2.35. The lowest BCUT2D eigenvalue weighted by Crippen LogP contribution is -2.47. The van der Waals surface area contributed by atoms with Gasteiger partial charge in [-0.2, -0.15) is 4.98 Å². The standard InChI is InChI=1S/C23H31BrN8O4/c1-14-16(3-2-4-18(14)24)10-28-23-29-11-19(32(35)36)22(30-23)27-9-15-5-7-17(8-6-15)31(12-20(25)33)13-21(26)34/h2-4,11,15,17H,5-10,12-13H2,1H3,(H2,25,33)(H2,26,34)(H2,27,28,29,30)/t15-,17-. The molecule has 12 nitrogen and oxygen atoms in total. The van der Waals surface area contributed by atoms with Crippen LogP contribution in [0, 0.1) is 23.0 Å². The minimum absolute atomic E-state index is 0.0150. The van der Waals surface area contributed by atoms with Crippen LogP contribution in [0.15, 0.2) is 28.9 Å². The highest BCUT2D eigenvalue weighted by Crippen LogP contribution is 2.29. The third-order valence-corrected chi connectivity index (χ3v) is 7.25. The molecule has 36 heavy (non-hydrogen) atoms.